The van der Waals surface area contributed by atoms with Crippen molar-refractivity contribution in [3.05, 3.63) is 22.3 Å². The summed E-state index contributed by atoms with van der Waals surface area (Å²) in [6.45, 7) is 4.64. The van der Waals surface area contributed by atoms with Crippen LogP contribution in [0.15, 0.2) is 0 Å². The fraction of sp³-hybridized carbons (Fsp3) is 0.300. The highest BCUT2D eigenvalue weighted by atomic mass is 16.4. The second-order valence-electron chi connectivity index (χ2n) is 3.25. The summed E-state index contributed by atoms with van der Waals surface area (Å²) in [4.78, 5) is 10.8. The molecule has 1 rings (SSSR count). The van der Waals surface area contributed by atoms with E-state index in [1.165, 1.54) is 6.92 Å². The predicted molar refractivity (Wildman–Crippen MR) is 50.9 cm³/mol. The number of hydrogen-bond acceptors (Lipinski definition) is 3. The van der Waals surface area contributed by atoms with Crippen LogP contribution in [0.5, 0.6) is 11.5 Å². The van der Waals surface area contributed by atoms with Gasteiger partial charge in [-0.15, -0.1) is 0 Å². The molecule has 0 spiro atoms. The highest BCUT2D eigenvalue weighted by molar-refractivity contribution is 5.94. The lowest BCUT2D eigenvalue weighted by atomic mass is 9.97. The maximum Gasteiger partial charge on any atom is 0.339 e. The van der Waals surface area contributed by atoms with Crippen LogP contribution in [0.3, 0.4) is 0 Å². The average molecular weight is 196 g/mol. The lowest BCUT2D eigenvalue weighted by Gasteiger charge is -2.12. The Labute approximate surface area is 81.4 Å². The van der Waals surface area contributed by atoms with Crippen LogP contribution < -0.4 is 0 Å². The number of aromatic hydroxyl groups is 2. The molecule has 0 radical (unpaired) electrons. The van der Waals surface area contributed by atoms with Crippen LogP contribution in [-0.4, -0.2) is 21.3 Å². The standard InChI is InChI=1S/C10H12O4/c1-4-5(2)8(11)6(3)9(12)7(4)10(13)14/h11-12H,1-3H3,(H,13,14). The van der Waals surface area contributed by atoms with Gasteiger partial charge in [0.05, 0.1) is 0 Å². The molecule has 0 fully saturated rings. The van der Waals surface area contributed by atoms with Crippen molar-refractivity contribution in [2.24, 2.45) is 0 Å². The minimum absolute atomic E-state index is 0.0509. The zero-order valence-corrected chi connectivity index (χ0v) is 8.25. The van der Waals surface area contributed by atoms with Crippen molar-refractivity contribution in [2.75, 3.05) is 0 Å². The minimum atomic E-state index is -1.19. The molecule has 0 bridgehead atoms. The molecular weight excluding hydrogens is 184 g/mol. The van der Waals surface area contributed by atoms with Gasteiger partial charge < -0.3 is 15.3 Å². The second-order valence-corrected chi connectivity index (χ2v) is 3.25. The van der Waals surface area contributed by atoms with Crippen LogP contribution in [0.2, 0.25) is 0 Å². The van der Waals surface area contributed by atoms with Crippen molar-refractivity contribution in [3.63, 3.8) is 0 Å². The smallest absolute Gasteiger partial charge is 0.339 e. The predicted octanol–water partition coefficient (Wildman–Crippen LogP) is 1.72. The van der Waals surface area contributed by atoms with Crippen molar-refractivity contribution < 1.29 is 20.1 Å². The lowest BCUT2D eigenvalue weighted by Crippen LogP contribution is -2.03. The number of hydrogen-bond donors (Lipinski definition) is 3. The largest absolute Gasteiger partial charge is 0.507 e. The Kier molecular flexibility index (Phi) is 2.38. The molecule has 1 aromatic carbocycles. The summed E-state index contributed by atoms with van der Waals surface area (Å²) in [5, 5.41) is 27.9. The molecule has 0 unspecified atom stereocenters. The highest BCUT2D eigenvalue weighted by Gasteiger charge is 2.20. The van der Waals surface area contributed by atoms with E-state index in [-0.39, 0.29) is 22.6 Å². The van der Waals surface area contributed by atoms with Gasteiger partial charge in [-0.1, -0.05) is 0 Å². The van der Waals surface area contributed by atoms with Gasteiger partial charge in [-0.3, -0.25) is 0 Å². The van der Waals surface area contributed by atoms with Gasteiger partial charge in [-0.25, -0.2) is 4.79 Å². The summed E-state index contributed by atoms with van der Waals surface area (Å²) in [6, 6.07) is 0. The van der Waals surface area contributed by atoms with E-state index in [1.807, 2.05) is 0 Å². The molecule has 0 aromatic heterocycles. The Bertz CT molecular complexity index is 378. The Morgan fingerprint density at radius 2 is 1.43 bits per heavy atom. The van der Waals surface area contributed by atoms with Crippen molar-refractivity contribution in [1.29, 1.82) is 0 Å². The molecule has 3 N–H and O–H groups in total. The lowest BCUT2D eigenvalue weighted by molar-refractivity contribution is 0.0692. The fourth-order valence-electron chi connectivity index (χ4n) is 1.39. The Morgan fingerprint density at radius 1 is 0.929 bits per heavy atom. The number of carbonyl (C=O) groups is 1. The Balaban J connectivity index is 3.68. The van der Waals surface area contributed by atoms with Gasteiger partial charge in [-0.05, 0) is 31.9 Å². The summed E-state index contributed by atoms with van der Waals surface area (Å²) in [7, 11) is 0. The van der Waals surface area contributed by atoms with Crippen LogP contribution in [0.4, 0.5) is 0 Å². The molecule has 1 aromatic rings. The van der Waals surface area contributed by atoms with Crippen molar-refractivity contribution in [3.8, 4) is 11.5 Å². The van der Waals surface area contributed by atoms with Crippen molar-refractivity contribution in [1.82, 2.24) is 0 Å². The van der Waals surface area contributed by atoms with E-state index in [0.717, 1.165) is 0 Å². The molecule has 0 saturated heterocycles. The van der Waals surface area contributed by atoms with Gasteiger partial charge in [-0.2, -0.15) is 0 Å². The third kappa shape index (κ3) is 1.28. The summed E-state index contributed by atoms with van der Waals surface area (Å²) >= 11 is 0. The number of carboxylic acid groups (broad SMARTS) is 1. The molecule has 0 aliphatic carbocycles. The zero-order chi connectivity index (χ0) is 11.0. The summed E-state index contributed by atoms with van der Waals surface area (Å²) < 4.78 is 0. The first-order chi connectivity index (χ1) is 6.37. The molecule has 0 saturated carbocycles. The van der Waals surface area contributed by atoms with Crippen LogP contribution in [0.1, 0.15) is 27.0 Å². The fourth-order valence-corrected chi connectivity index (χ4v) is 1.39. The first-order valence-corrected chi connectivity index (χ1v) is 4.12. The van der Waals surface area contributed by atoms with Gasteiger partial charge in [0.2, 0.25) is 0 Å². The topological polar surface area (TPSA) is 77.8 Å². The first-order valence-electron chi connectivity index (χ1n) is 4.12. The van der Waals surface area contributed by atoms with Crippen LogP contribution >= 0.6 is 0 Å². The molecule has 0 atom stereocenters. The Hall–Kier alpha value is -1.71. The van der Waals surface area contributed by atoms with Crippen LogP contribution in [-0.2, 0) is 0 Å². The van der Waals surface area contributed by atoms with Gasteiger partial charge >= 0.3 is 5.97 Å². The maximum atomic E-state index is 10.8. The first kappa shape index (κ1) is 10.4. The molecule has 4 heteroatoms. The molecule has 0 aliphatic heterocycles. The SMILES string of the molecule is Cc1c(C)c(C(=O)O)c(O)c(C)c1O. The van der Waals surface area contributed by atoms with Crippen LogP contribution in [0.25, 0.3) is 0 Å². The van der Waals surface area contributed by atoms with Gasteiger partial charge in [0, 0.05) is 5.56 Å². The number of phenols is 2. The molecule has 4 nitrogen and oxygen atoms in total. The molecular formula is C10H12O4. The van der Waals surface area contributed by atoms with Gasteiger partial charge in [0.15, 0.2) is 0 Å². The van der Waals surface area contributed by atoms with E-state index in [9.17, 15) is 15.0 Å². The number of aromatic carboxylic acids is 1. The second kappa shape index (κ2) is 3.21. The molecule has 14 heavy (non-hydrogen) atoms. The van der Waals surface area contributed by atoms with Gasteiger partial charge in [0.1, 0.15) is 17.1 Å². The number of carboxylic acids is 1. The summed E-state index contributed by atoms with van der Waals surface area (Å²) in [5.41, 5.74) is 0.930. The number of benzene rings is 1. The number of rotatable bonds is 1. The molecule has 0 aliphatic rings. The zero-order valence-electron chi connectivity index (χ0n) is 8.25. The summed E-state index contributed by atoms with van der Waals surface area (Å²) in [6.07, 6.45) is 0. The quantitative estimate of drug-likeness (QED) is 0.639. The molecule has 76 valence electrons. The average Bonchev–Trinajstić information content (AvgIpc) is 2.11. The van der Waals surface area contributed by atoms with E-state index in [1.54, 1.807) is 13.8 Å². The van der Waals surface area contributed by atoms with Crippen LogP contribution in [0, 0.1) is 20.8 Å². The third-order valence-corrected chi connectivity index (χ3v) is 2.45. The third-order valence-electron chi connectivity index (χ3n) is 2.45. The van der Waals surface area contributed by atoms with E-state index in [4.69, 9.17) is 5.11 Å². The highest BCUT2D eigenvalue weighted by Crippen LogP contribution is 2.36. The van der Waals surface area contributed by atoms with E-state index in [0.29, 0.717) is 11.1 Å². The molecule has 0 heterocycles. The van der Waals surface area contributed by atoms with Crippen molar-refractivity contribution in [2.45, 2.75) is 20.8 Å². The monoisotopic (exact) mass is 196 g/mol. The number of phenolic OH excluding ortho intramolecular Hbond substituents is 1. The molecule has 0 amide bonds. The minimum Gasteiger partial charge on any atom is -0.507 e. The van der Waals surface area contributed by atoms with E-state index >= 15 is 0 Å². The normalized spacial score (nSPS) is 10.2. The van der Waals surface area contributed by atoms with E-state index in [2.05, 4.69) is 0 Å². The van der Waals surface area contributed by atoms with Crippen molar-refractivity contribution >= 4 is 5.97 Å². The van der Waals surface area contributed by atoms with Gasteiger partial charge in [0.25, 0.3) is 0 Å². The summed E-state index contributed by atoms with van der Waals surface area (Å²) in [5.74, 6) is -1.60. The van der Waals surface area contributed by atoms with E-state index < -0.39 is 5.97 Å². The Morgan fingerprint density at radius 3 is 1.86 bits per heavy atom. The maximum absolute atomic E-state index is 10.8.